The Balaban J connectivity index is 2.57. The molecule has 0 spiro atoms. The molecule has 0 saturated heterocycles. The van der Waals surface area contributed by atoms with E-state index in [9.17, 15) is 13.7 Å². The summed E-state index contributed by atoms with van der Waals surface area (Å²) in [7, 11) is 2.26. The van der Waals surface area contributed by atoms with E-state index in [-0.39, 0.29) is 10.9 Å². The number of alkyl halides is 1. The highest BCUT2D eigenvalue weighted by molar-refractivity contribution is 6.32. The molecule has 0 aromatic heterocycles. The molecule has 1 heterocycles. The lowest BCUT2D eigenvalue weighted by Crippen LogP contribution is -2.40. The molecule has 1 unspecified atom stereocenters. The summed E-state index contributed by atoms with van der Waals surface area (Å²) in [5.74, 6) is -6.04. The van der Waals surface area contributed by atoms with Gasteiger partial charge in [-0.3, -0.25) is 9.78 Å². The topological polar surface area (TPSA) is 51.2 Å². The van der Waals surface area contributed by atoms with Crippen molar-refractivity contribution in [2.24, 2.45) is 0 Å². The van der Waals surface area contributed by atoms with E-state index in [1.807, 2.05) is 0 Å². The zero-order valence-corrected chi connectivity index (χ0v) is 14.1. The maximum Gasteiger partial charge on any atom is 0.352 e. The number of hydrogen-bond donors (Lipinski definition) is 0. The summed E-state index contributed by atoms with van der Waals surface area (Å²) in [6, 6.07) is 1.39. The summed E-state index contributed by atoms with van der Waals surface area (Å²) in [4.78, 5) is 19.6. The summed E-state index contributed by atoms with van der Waals surface area (Å²) in [5.41, 5.74) is -0.861. The van der Waals surface area contributed by atoms with Crippen LogP contribution in [-0.4, -0.2) is 30.4 Å². The summed E-state index contributed by atoms with van der Waals surface area (Å²) in [6.45, 7) is 1.04. The molecule has 0 radical (unpaired) electrons. The predicted octanol–water partition coefficient (Wildman–Crippen LogP) is 3.56. The number of carbonyl (C=O) groups is 1. The van der Waals surface area contributed by atoms with Crippen LogP contribution < -0.4 is 4.89 Å². The van der Waals surface area contributed by atoms with Crippen molar-refractivity contribution in [3.8, 4) is 5.75 Å². The highest BCUT2D eigenvalue weighted by Crippen LogP contribution is 2.50. The number of carbonyl (C=O) groups excluding carboxylic acids is 1. The lowest BCUT2D eigenvalue weighted by atomic mass is 10.0. The van der Waals surface area contributed by atoms with Gasteiger partial charge in [-0.15, -0.1) is 4.48 Å². The van der Waals surface area contributed by atoms with Crippen LogP contribution in [0, 0.1) is 5.82 Å². The van der Waals surface area contributed by atoms with Crippen molar-refractivity contribution in [1.29, 1.82) is 0 Å². The SMILES string of the molecule is COC1=C(Cl)C(F)(c2cc(OOC(C)=O)c(Cl)cc2F)N(F)N1C. The van der Waals surface area contributed by atoms with E-state index >= 15 is 4.39 Å². The maximum absolute atomic E-state index is 15.3. The lowest BCUT2D eigenvalue weighted by molar-refractivity contribution is -0.240. The molecule has 1 atom stereocenters. The summed E-state index contributed by atoms with van der Waals surface area (Å²) in [6.07, 6.45) is 0. The molecule has 1 aromatic carbocycles. The van der Waals surface area contributed by atoms with Crippen LogP contribution >= 0.6 is 23.2 Å². The molecule has 1 aliphatic rings. The van der Waals surface area contributed by atoms with Crippen molar-refractivity contribution in [1.82, 2.24) is 10.2 Å². The van der Waals surface area contributed by atoms with E-state index in [1.54, 1.807) is 0 Å². The lowest BCUT2D eigenvalue weighted by Gasteiger charge is -2.28. The van der Waals surface area contributed by atoms with E-state index in [4.69, 9.17) is 27.9 Å². The van der Waals surface area contributed by atoms with Crippen molar-refractivity contribution in [3.63, 3.8) is 0 Å². The first-order chi connectivity index (χ1) is 11.1. The molecule has 0 bridgehead atoms. The molecule has 1 aromatic rings. The molecule has 2 rings (SSSR count). The maximum atomic E-state index is 15.3. The van der Waals surface area contributed by atoms with Crippen LogP contribution in [0.25, 0.3) is 0 Å². The van der Waals surface area contributed by atoms with Crippen molar-refractivity contribution < 1.29 is 32.6 Å². The summed E-state index contributed by atoms with van der Waals surface area (Å²) < 4.78 is 48.6. The zero-order valence-electron chi connectivity index (χ0n) is 12.6. The first-order valence-electron chi connectivity index (χ1n) is 6.32. The normalized spacial score (nSPS) is 21.2. The third-order valence-electron chi connectivity index (χ3n) is 3.11. The van der Waals surface area contributed by atoms with Gasteiger partial charge < -0.3 is 4.74 Å². The third kappa shape index (κ3) is 2.83. The molecule has 0 saturated carbocycles. The van der Waals surface area contributed by atoms with Crippen LogP contribution in [0.4, 0.5) is 13.3 Å². The van der Waals surface area contributed by atoms with Gasteiger partial charge in [0.05, 0.1) is 17.7 Å². The minimum absolute atomic E-state index is 0.329. The Hall–Kier alpha value is -1.84. The Morgan fingerprint density at radius 3 is 2.46 bits per heavy atom. The Bertz CT molecular complexity index is 719. The number of methoxy groups -OCH3 is 1. The quantitative estimate of drug-likeness (QED) is 0.341. The van der Waals surface area contributed by atoms with Gasteiger partial charge in [0.15, 0.2) is 5.75 Å². The molecule has 0 aliphatic carbocycles. The fourth-order valence-corrected chi connectivity index (χ4v) is 2.59. The van der Waals surface area contributed by atoms with Gasteiger partial charge in [0, 0.05) is 14.0 Å². The molecule has 24 heavy (non-hydrogen) atoms. The second kappa shape index (κ2) is 6.58. The molecular formula is C13H11Cl2F3N2O4. The van der Waals surface area contributed by atoms with E-state index in [2.05, 4.69) is 9.78 Å². The first-order valence-corrected chi connectivity index (χ1v) is 7.07. The van der Waals surface area contributed by atoms with E-state index in [1.165, 1.54) is 0 Å². The van der Waals surface area contributed by atoms with E-state index in [0.29, 0.717) is 11.1 Å². The van der Waals surface area contributed by atoms with E-state index in [0.717, 1.165) is 27.1 Å². The number of hydrogen-bond acceptors (Lipinski definition) is 6. The van der Waals surface area contributed by atoms with Gasteiger partial charge in [-0.2, -0.15) is 0 Å². The molecule has 0 fully saturated rings. The van der Waals surface area contributed by atoms with Gasteiger partial charge in [0.2, 0.25) is 5.88 Å². The largest absolute Gasteiger partial charge is 0.480 e. The first kappa shape index (κ1) is 18.5. The van der Waals surface area contributed by atoms with Crippen molar-refractivity contribution in [3.05, 3.63) is 39.5 Å². The average Bonchev–Trinajstić information content (AvgIpc) is 2.67. The Labute approximate surface area is 144 Å². The standard InChI is InChI=1S/C13H11Cl2F3N2O4/c1-6(21)23-24-10-4-7(9(16)5-8(10)14)13(17)11(15)12(22-3)19(2)20(13)18/h4-5H,1-3H3. The smallest absolute Gasteiger partial charge is 0.352 e. The Kier molecular flexibility index (Phi) is 5.07. The second-order valence-electron chi connectivity index (χ2n) is 4.65. The molecule has 0 N–H and O–H groups in total. The number of ether oxygens (including phenoxy) is 1. The molecule has 11 heteroatoms. The van der Waals surface area contributed by atoms with Crippen LogP contribution in [-0.2, 0) is 20.2 Å². The highest BCUT2D eigenvalue weighted by Gasteiger charge is 2.56. The van der Waals surface area contributed by atoms with Gasteiger partial charge in [-0.1, -0.05) is 23.2 Å². The molecule has 132 valence electrons. The van der Waals surface area contributed by atoms with Crippen molar-refractivity contribution >= 4 is 29.2 Å². The predicted molar refractivity (Wildman–Crippen MR) is 77.2 cm³/mol. The number of halogens is 5. The summed E-state index contributed by atoms with van der Waals surface area (Å²) in [5, 5.41) is -0.932. The Morgan fingerprint density at radius 2 is 1.96 bits per heavy atom. The van der Waals surface area contributed by atoms with Crippen LogP contribution in [0.1, 0.15) is 12.5 Å². The van der Waals surface area contributed by atoms with E-state index < -0.39 is 39.2 Å². The van der Waals surface area contributed by atoms with Crippen LogP contribution in [0.3, 0.4) is 0 Å². The van der Waals surface area contributed by atoms with Crippen molar-refractivity contribution in [2.75, 3.05) is 14.2 Å². The Morgan fingerprint density at radius 1 is 1.33 bits per heavy atom. The molecular weight excluding hydrogens is 376 g/mol. The van der Waals surface area contributed by atoms with Gasteiger partial charge in [-0.25, -0.2) is 18.6 Å². The minimum Gasteiger partial charge on any atom is -0.480 e. The second-order valence-corrected chi connectivity index (χ2v) is 5.43. The van der Waals surface area contributed by atoms with Crippen LogP contribution in [0.5, 0.6) is 5.75 Å². The van der Waals surface area contributed by atoms with Gasteiger partial charge in [-0.05, 0) is 17.4 Å². The average molecular weight is 387 g/mol. The van der Waals surface area contributed by atoms with Crippen molar-refractivity contribution in [2.45, 2.75) is 12.7 Å². The number of hydrazine groups is 1. The zero-order chi connectivity index (χ0) is 18.2. The highest BCUT2D eigenvalue weighted by atomic mass is 35.5. The van der Waals surface area contributed by atoms with Gasteiger partial charge in [0.1, 0.15) is 10.8 Å². The summed E-state index contributed by atoms with van der Waals surface area (Å²) >= 11 is 11.6. The fraction of sp³-hybridized carbons (Fsp3) is 0.308. The van der Waals surface area contributed by atoms with Crippen LogP contribution in [0.15, 0.2) is 23.0 Å². The fourth-order valence-electron chi connectivity index (χ4n) is 2.04. The monoisotopic (exact) mass is 386 g/mol. The van der Waals surface area contributed by atoms with Gasteiger partial charge >= 0.3 is 5.97 Å². The molecule has 1 aliphatic heterocycles. The number of benzene rings is 1. The third-order valence-corrected chi connectivity index (χ3v) is 3.82. The van der Waals surface area contributed by atoms with Crippen LogP contribution in [0.2, 0.25) is 5.02 Å². The number of rotatable bonds is 4. The number of nitrogens with zero attached hydrogens (tertiary/aromatic N) is 2. The molecule has 6 nitrogen and oxygen atoms in total. The minimum atomic E-state index is -3.23. The molecule has 0 amide bonds. The van der Waals surface area contributed by atoms with Gasteiger partial charge in [0.25, 0.3) is 5.79 Å².